The molecule has 1 aromatic heterocycles. The van der Waals surface area contributed by atoms with Gasteiger partial charge in [0.1, 0.15) is 0 Å². The van der Waals surface area contributed by atoms with Gasteiger partial charge in [0.15, 0.2) is 0 Å². The van der Waals surface area contributed by atoms with E-state index < -0.39 is 6.09 Å². The molecule has 2 heterocycles. The zero-order valence-electron chi connectivity index (χ0n) is 23.6. The summed E-state index contributed by atoms with van der Waals surface area (Å²) in [5.41, 5.74) is 3.64. The zero-order valence-corrected chi connectivity index (χ0v) is 25.1. The first-order chi connectivity index (χ1) is 19.9. The van der Waals surface area contributed by atoms with Gasteiger partial charge in [0, 0.05) is 51.1 Å². The number of aromatic nitrogens is 2. The number of rotatable bonds is 13. The molecule has 218 valence electrons. The molecule has 0 bridgehead atoms. The van der Waals surface area contributed by atoms with Crippen LogP contribution in [0.1, 0.15) is 50.0 Å². The number of piperidine rings is 1. The molecule has 0 aliphatic carbocycles. The summed E-state index contributed by atoms with van der Waals surface area (Å²) in [5.74, 6) is 1.08. The highest BCUT2D eigenvalue weighted by atomic mass is 79.9. The van der Waals surface area contributed by atoms with Gasteiger partial charge >= 0.3 is 6.09 Å². The van der Waals surface area contributed by atoms with Crippen molar-refractivity contribution in [3.05, 3.63) is 71.0 Å². The molecule has 1 fully saturated rings. The number of benzene rings is 2. The molecule has 41 heavy (non-hydrogen) atoms. The fourth-order valence-corrected chi connectivity index (χ4v) is 5.48. The van der Waals surface area contributed by atoms with E-state index in [0.717, 1.165) is 79.4 Å². The molecule has 1 saturated heterocycles. The quantitative estimate of drug-likeness (QED) is 0.192. The van der Waals surface area contributed by atoms with Crippen molar-refractivity contribution in [2.24, 2.45) is 0 Å². The topological polar surface area (TPSA) is 111 Å². The molecular formula is C31H39BrN6O3. The summed E-state index contributed by atoms with van der Waals surface area (Å²) in [6.07, 6.45) is 7.64. The van der Waals surface area contributed by atoms with E-state index in [1.165, 1.54) is 0 Å². The highest BCUT2D eigenvalue weighted by Crippen LogP contribution is 2.39. The number of nitrogens with zero attached hydrogens (tertiary/aromatic N) is 4. The zero-order chi connectivity index (χ0) is 29.0. The summed E-state index contributed by atoms with van der Waals surface area (Å²) in [5, 5.41) is 15.4. The second-order valence-corrected chi connectivity index (χ2v) is 11.4. The molecular weight excluding hydrogens is 584 g/mol. The van der Waals surface area contributed by atoms with Crippen LogP contribution in [0.3, 0.4) is 0 Å². The molecule has 9 nitrogen and oxygen atoms in total. The van der Waals surface area contributed by atoms with Crippen molar-refractivity contribution in [1.82, 2.24) is 19.8 Å². The monoisotopic (exact) mass is 622 g/mol. The van der Waals surface area contributed by atoms with Gasteiger partial charge in [0.2, 0.25) is 11.9 Å². The van der Waals surface area contributed by atoms with Crippen LogP contribution >= 0.6 is 15.9 Å². The molecule has 0 radical (unpaired) electrons. The van der Waals surface area contributed by atoms with E-state index in [4.69, 9.17) is 0 Å². The van der Waals surface area contributed by atoms with Gasteiger partial charge in [0.05, 0.1) is 10.2 Å². The van der Waals surface area contributed by atoms with Gasteiger partial charge in [-0.2, -0.15) is 0 Å². The number of likely N-dealkylation sites (tertiary alicyclic amines) is 1. The van der Waals surface area contributed by atoms with Crippen LogP contribution in [-0.4, -0.2) is 76.6 Å². The molecule has 0 saturated carbocycles. The lowest BCUT2D eigenvalue weighted by molar-refractivity contribution is -0.130. The average Bonchev–Trinajstić information content (AvgIpc) is 2.99. The highest BCUT2D eigenvalue weighted by Gasteiger charge is 2.25. The standard InChI is InChI=1S/C31H39BrN6O3/c1-37(28(39)13-6-3-7-16-33-30-34-21-25(32)22-35-30)19-20-38-17-14-24(15-18-38)27-12-8-11-26(29(27)36-31(40)41)23-9-4-2-5-10-23/h2,4-5,8-12,21-22,24,36H,3,6-7,13-20H2,1H3,(H,40,41)(H,33,34,35). The highest BCUT2D eigenvalue weighted by molar-refractivity contribution is 9.10. The number of carbonyl (C=O) groups is 2. The number of para-hydroxylation sites is 1. The third-order valence-electron chi connectivity index (χ3n) is 7.59. The lowest BCUT2D eigenvalue weighted by atomic mass is 9.86. The van der Waals surface area contributed by atoms with Crippen molar-refractivity contribution in [2.45, 2.75) is 44.4 Å². The first-order valence-electron chi connectivity index (χ1n) is 14.3. The van der Waals surface area contributed by atoms with Gasteiger partial charge in [-0.15, -0.1) is 0 Å². The molecule has 2 amide bonds. The Morgan fingerprint density at radius 2 is 1.76 bits per heavy atom. The Morgan fingerprint density at radius 1 is 1.02 bits per heavy atom. The largest absolute Gasteiger partial charge is 0.465 e. The van der Waals surface area contributed by atoms with Crippen LogP contribution in [0, 0.1) is 0 Å². The fourth-order valence-electron chi connectivity index (χ4n) is 5.27. The maximum Gasteiger partial charge on any atom is 0.409 e. The maximum atomic E-state index is 12.6. The molecule has 1 aliphatic rings. The molecule has 0 unspecified atom stereocenters. The number of nitrogens with one attached hydrogen (secondary N) is 2. The number of unbranched alkanes of at least 4 members (excludes halogenated alkanes) is 2. The summed E-state index contributed by atoms with van der Waals surface area (Å²) in [6, 6.07) is 15.9. The molecule has 3 N–H and O–H groups in total. The first-order valence-corrected chi connectivity index (χ1v) is 15.1. The number of hydrogen-bond donors (Lipinski definition) is 3. The van der Waals surface area contributed by atoms with Crippen LogP contribution in [-0.2, 0) is 4.79 Å². The van der Waals surface area contributed by atoms with Crippen LogP contribution in [0.5, 0.6) is 0 Å². The average molecular weight is 624 g/mol. The van der Waals surface area contributed by atoms with Crippen LogP contribution in [0.25, 0.3) is 11.1 Å². The lowest BCUT2D eigenvalue weighted by Gasteiger charge is -2.34. The number of likely N-dealkylation sites (N-methyl/N-ethyl adjacent to an activating group) is 1. The van der Waals surface area contributed by atoms with Crippen LogP contribution in [0.15, 0.2) is 65.4 Å². The fraction of sp³-hybridized carbons (Fsp3) is 0.419. The number of anilines is 2. The van der Waals surface area contributed by atoms with Crippen LogP contribution in [0.2, 0.25) is 0 Å². The minimum atomic E-state index is -1.05. The van der Waals surface area contributed by atoms with E-state index >= 15 is 0 Å². The number of carboxylic acid groups (broad SMARTS) is 1. The molecule has 2 aromatic carbocycles. The molecule has 10 heteroatoms. The second-order valence-electron chi connectivity index (χ2n) is 10.5. The van der Waals surface area contributed by atoms with Crippen LogP contribution in [0.4, 0.5) is 16.4 Å². The summed E-state index contributed by atoms with van der Waals surface area (Å²) in [4.78, 5) is 36.9. The van der Waals surface area contributed by atoms with E-state index in [1.807, 2.05) is 54.4 Å². The third-order valence-corrected chi connectivity index (χ3v) is 8.00. The van der Waals surface area contributed by atoms with E-state index in [0.29, 0.717) is 24.6 Å². The van der Waals surface area contributed by atoms with Crippen molar-refractivity contribution in [1.29, 1.82) is 0 Å². The smallest absolute Gasteiger partial charge is 0.409 e. The Balaban J connectivity index is 1.18. The first kappa shape index (κ1) is 30.5. The second kappa shape index (κ2) is 15.5. The Hall–Kier alpha value is -3.50. The Labute approximate surface area is 250 Å². The van der Waals surface area contributed by atoms with Crippen molar-refractivity contribution < 1.29 is 14.7 Å². The van der Waals surface area contributed by atoms with Gasteiger partial charge < -0.3 is 20.2 Å². The SMILES string of the molecule is CN(CCN1CCC(c2cccc(-c3ccccc3)c2NC(=O)O)CC1)C(=O)CCCCCNc1ncc(Br)cn1. The van der Waals surface area contributed by atoms with Gasteiger partial charge in [0.25, 0.3) is 0 Å². The van der Waals surface area contributed by atoms with E-state index in [9.17, 15) is 14.7 Å². The Kier molecular flexibility index (Phi) is 11.5. The van der Waals surface area contributed by atoms with Gasteiger partial charge in [-0.05, 0) is 71.7 Å². The summed E-state index contributed by atoms with van der Waals surface area (Å²) >= 11 is 3.33. The predicted octanol–water partition coefficient (Wildman–Crippen LogP) is 6.31. The minimum absolute atomic E-state index is 0.186. The van der Waals surface area contributed by atoms with E-state index in [2.05, 4.69) is 47.5 Å². The van der Waals surface area contributed by atoms with Gasteiger partial charge in [-0.1, -0.05) is 55.0 Å². The van der Waals surface area contributed by atoms with Crippen molar-refractivity contribution >= 4 is 39.6 Å². The molecule has 1 aliphatic heterocycles. The molecule has 0 spiro atoms. The molecule has 3 aromatic rings. The summed E-state index contributed by atoms with van der Waals surface area (Å²) < 4.78 is 0.851. The van der Waals surface area contributed by atoms with Crippen molar-refractivity contribution in [3.63, 3.8) is 0 Å². The third kappa shape index (κ3) is 9.26. The van der Waals surface area contributed by atoms with Crippen molar-refractivity contribution in [3.8, 4) is 11.1 Å². The van der Waals surface area contributed by atoms with Gasteiger partial charge in [-0.25, -0.2) is 14.8 Å². The van der Waals surface area contributed by atoms with E-state index in [1.54, 1.807) is 12.4 Å². The maximum absolute atomic E-state index is 12.6. The van der Waals surface area contributed by atoms with Crippen molar-refractivity contribution in [2.75, 3.05) is 50.4 Å². The minimum Gasteiger partial charge on any atom is -0.465 e. The number of hydrogen-bond acceptors (Lipinski definition) is 6. The molecule has 4 rings (SSSR count). The predicted molar refractivity (Wildman–Crippen MR) is 166 cm³/mol. The summed E-state index contributed by atoms with van der Waals surface area (Å²) in [6.45, 7) is 4.18. The normalized spacial score (nSPS) is 14.0. The number of halogens is 1. The van der Waals surface area contributed by atoms with Crippen LogP contribution < -0.4 is 10.6 Å². The van der Waals surface area contributed by atoms with Gasteiger partial charge in [-0.3, -0.25) is 10.1 Å². The Morgan fingerprint density at radius 3 is 2.46 bits per heavy atom. The number of amides is 2. The van der Waals surface area contributed by atoms with E-state index in [-0.39, 0.29) is 11.8 Å². The number of carbonyl (C=O) groups excluding carboxylic acids is 1. The Bertz CT molecular complexity index is 1270. The lowest BCUT2D eigenvalue weighted by Crippen LogP contribution is -2.40. The summed E-state index contributed by atoms with van der Waals surface area (Å²) in [7, 11) is 1.89. The molecule has 0 atom stereocenters.